The van der Waals surface area contributed by atoms with Crippen molar-refractivity contribution in [3.8, 4) is 0 Å². The lowest BCUT2D eigenvalue weighted by molar-refractivity contribution is 0.309. The average Bonchev–Trinajstić information content (AvgIpc) is 2.78. The Morgan fingerprint density at radius 3 is 2.82 bits per heavy atom. The second-order valence-corrected chi connectivity index (χ2v) is 5.76. The maximum atomic E-state index is 4.37. The zero-order chi connectivity index (χ0) is 12.3. The van der Waals surface area contributed by atoms with E-state index in [2.05, 4.69) is 41.8 Å². The number of hydrogen-bond donors (Lipinski definition) is 1. The summed E-state index contributed by atoms with van der Waals surface area (Å²) in [6, 6.07) is 0. The number of nitrogens with one attached hydrogen (secondary N) is 1. The normalized spacial score (nSPS) is 21.4. The molecule has 0 aromatic carbocycles. The predicted octanol–water partition coefficient (Wildman–Crippen LogP) is 2.57. The fraction of sp³-hybridized carbons (Fsp3) is 0.786. The molecule has 0 amide bonds. The summed E-state index contributed by atoms with van der Waals surface area (Å²) >= 11 is 0. The van der Waals surface area contributed by atoms with Crippen LogP contribution < -0.4 is 5.32 Å². The van der Waals surface area contributed by atoms with E-state index in [1.165, 1.54) is 25.0 Å². The highest BCUT2D eigenvalue weighted by Crippen LogP contribution is 2.32. The summed E-state index contributed by atoms with van der Waals surface area (Å²) in [5.74, 6) is 0.730. The van der Waals surface area contributed by atoms with E-state index in [1.807, 2.05) is 6.33 Å². The quantitative estimate of drug-likeness (QED) is 0.869. The van der Waals surface area contributed by atoms with Crippen molar-refractivity contribution >= 4 is 0 Å². The highest BCUT2D eigenvalue weighted by atomic mass is 15.1. The summed E-state index contributed by atoms with van der Waals surface area (Å²) < 4.78 is 2.37. The molecule has 2 rings (SSSR count). The molecule has 0 saturated carbocycles. The van der Waals surface area contributed by atoms with Crippen molar-refractivity contribution in [1.29, 1.82) is 0 Å². The maximum Gasteiger partial charge on any atom is 0.0948 e. The Balaban J connectivity index is 2.17. The molecule has 0 radical (unpaired) electrons. The zero-order valence-electron chi connectivity index (χ0n) is 11.4. The lowest BCUT2D eigenvalue weighted by atomic mass is 9.78. The molecule has 1 fully saturated rings. The molecule has 0 bridgehead atoms. The van der Waals surface area contributed by atoms with E-state index in [-0.39, 0.29) is 0 Å². The monoisotopic (exact) mass is 235 g/mol. The van der Waals surface area contributed by atoms with Crippen molar-refractivity contribution in [1.82, 2.24) is 14.9 Å². The molecule has 17 heavy (non-hydrogen) atoms. The van der Waals surface area contributed by atoms with E-state index < -0.39 is 0 Å². The lowest BCUT2D eigenvalue weighted by Crippen LogP contribution is -2.39. The van der Waals surface area contributed by atoms with Crippen LogP contribution in [0.25, 0.3) is 0 Å². The second kappa shape index (κ2) is 5.21. The molecule has 1 N–H and O–H groups in total. The molecule has 96 valence electrons. The molecule has 1 unspecified atom stereocenters. The minimum Gasteiger partial charge on any atom is -0.334 e. The standard InChI is InChI=1S/C14H25N3/c1-4-12(2)10-17-11-16-9-13(17)14(3)5-7-15-8-6-14/h9,11-12,15H,4-8,10H2,1-3H3. The van der Waals surface area contributed by atoms with Crippen LogP contribution in [0.1, 0.15) is 45.7 Å². The molecule has 0 aliphatic carbocycles. The number of nitrogens with zero attached hydrogens (tertiary/aromatic N) is 2. The van der Waals surface area contributed by atoms with Gasteiger partial charge in [0.05, 0.1) is 6.33 Å². The molecule has 1 atom stereocenters. The van der Waals surface area contributed by atoms with E-state index in [0.29, 0.717) is 5.41 Å². The Bertz CT molecular complexity index is 350. The highest BCUT2D eigenvalue weighted by Gasteiger charge is 2.31. The van der Waals surface area contributed by atoms with Gasteiger partial charge in [-0.15, -0.1) is 0 Å². The molecule has 1 aliphatic rings. The Hall–Kier alpha value is -0.830. The van der Waals surface area contributed by atoms with Gasteiger partial charge in [-0.25, -0.2) is 4.98 Å². The van der Waals surface area contributed by atoms with E-state index in [4.69, 9.17) is 0 Å². The highest BCUT2D eigenvalue weighted by molar-refractivity contribution is 5.15. The number of rotatable bonds is 4. The van der Waals surface area contributed by atoms with Crippen LogP contribution in [-0.2, 0) is 12.0 Å². The van der Waals surface area contributed by atoms with Crippen LogP contribution >= 0.6 is 0 Å². The van der Waals surface area contributed by atoms with Gasteiger partial charge in [-0.1, -0.05) is 27.2 Å². The van der Waals surface area contributed by atoms with Gasteiger partial charge >= 0.3 is 0 Å². The molecule has 0 spiro atoms. The van der Waals surface area contributed by atoms with E-state index in [9.17, 15) is 0 Å². The van der Waals surface area contributed by atoms with Crippen LogP contribution in [-0.4, -0.2) is 22.6 Å². The first-order chi connectivity index (χ1) is 8.15. The molecular formula is C14H25N3. The maximum absolute atomic E-state index is 4.37. The summed E-state index contributed by atoms with van der Waals surface area (Å²) in [6.45, 7) is 10.3. The number of hydrogen-bond acceptors (Lipinski definition) is 2. The van der Waals surface area contributed by atoms with Gasteiger partial charge < -0.3 is 9.88 Å². The summed E-state index contributed by atoms with van der Waals surface area (Å²) in [5.41, 5.74) is 1.74. The third-order valence-electron chi connectivity index (χ3n) is 4.24. The number of piperidine rings is 1. The molecule has 1 aliphatic heterocycles. The third-order valence-corrected chi connectivity index (χ3v) is 4.24. The molecule has 3 heteroatoms. The zero-order valence-corrected chi connectivity index (χ0v) is 11.4. The van der Waals surface area contributed by atoms with Crippen LogP contribution in [0.2, 0.25) is 0 Å². The molecular weight excluding hydrogens is 210 g/mol. The van der Waals surface area contributed by atoms with E-state index in [1.54, 1.807) is 0 Å². The summed E-state index contributed by atoms with van der Waals surface area (Å²) in [5, 5.41) is 3.44. The minimum absolute atomic E-state index is 0.315. The van der Waals surface area contributed by atoms with Gasteiger partial charge in [-0.05, 0) is 31.8 Å². The number of imidazole rings is 1. The van der Waals surface area contributed by atoms with Gasteiger partial charge in [0.2, 0.25) is 0 Å². The van der Waals surface area contributed by atoms with E-state index >= 15 is 0 Å². The number of aromatic nitrogens is 2. The molecule has 1 aromatic rings. The Morgan fingerprint density at radius 1 is 1.47 bits per heavy atom. The van der Waals surface area contributed by atoms with Crippen LogP contribution in [0.15, 0.2) is 12.5 Å². The third kappa shape index (κ3) is 2.71. The van der Waals surface area contributed by atoms with Crippen LogP contribution in [0.5, 0.6) is 0 Å². The van der Waals surface area contributed by atoms with Crippen molar-refractivity contribution in [3.05, 3.63) is 18.2 Å². The van der Waals surface area contributed by atoms with Gasteiger partial charge in [0.25, 0.3) is 0 Å². The van der Waals surface area contributed by atoms with Crippen LogP contribution in [0.4, 0.5) is 0 Å². The van der Waals surface area contributed by atoms with Crippen molar-refractivity contribution in [2.24, 2.45) is 5.92 Å². The van der Waals surface area contributed by atoms with Gasteiger partial charge in [-0.2, -0.15) is 0 Å². The topological polar surface area (TPSA) is 29.9 Å². The predicted molar refractivity (Wildman–Crippen MR) is 71.1 cm³/mol. The Kier molecular flexibility index (Phi) is 3.87. The molecule has 2 heterocycles. The first-order valence-corrected chi connectivity index (χ1v) is 6.87. The Labute approximate surface area is 105 Å². The summed E-state index contributed by atoms with van der Waals surface area (Å²) in [7, 11) is 0. The Morgan fingerprint density at radius 2 is 2.18 bits per heavy atom. The lowest BCUT2D eigenvalue weighted by Gasteiger charge is -2.35. The van der Waals surface area contributed by atoms with Crippen molar-refractivity contribution < 1.29 is 0 Å². The summed E-state index contributed by atoms with van der Waals surface area (Å²) in [4.78, 5) is 4.37. The van der Waals surface area contributed by atoms with Gasteiger partial charge in [-0.3, -0.25) is 0 Å². The molecule has 3 nitrogen and oxygen atoms in total. The fourth-order valence-corrected chi connectivity index (χ4v) is 2.67. The van der Waals surface area contributed by atoms with Crippen LogP contribution in [0.3, 0.4) is 0 Å². The first-order valence-electron chi connectivity index (χ1n) is 6.87. The minimum atomic E-state index is 0.315. The van der Waals surface area contributed by atoms with Gasteiger partial charge in [0, 0.05) is 23.9 Å². The smallest absolute Gasteiger partial charge is 0.0948 e. The van der Waals surface area contributed by atoms with Crippen molar-refractivity contribution in [2.75, 3.05) is 13.1 Å². The largest absolute Gasteiger partial charge is 0.334 e. The van der Waals surface area contributed by atoms with Gasteiger partial charge in [0.1, 0.15) is 0 Å². The molecule has 1 aromatic heterocycles. The second-order valence-electron chi connectivity index (χ2n) is 5.76. The molecule has 1 saturated heterocycles. The fourth-order valence-electron chi connectivity index (χ4n) is 2.67. The van der Waals surface area contributed by atoms with E-state index in [0.717, 1.165) is 25.6 Å². The van der Waals surface area contributed by atoms with Crippen molar-refractivity contribution in [2.45, 2.75) is 52.0 Å². The van der Waals surface area contributed by atoms with Gasteiger partial charge in [0.15, 0.2) is 0 Å². The van der Waals surface area contributed by atoms with Crippen molar-refractivity contribution in [3.63, 3.8) is 0 Å². The van der Waals surface area contributed by atoms with Crippen LogP contribution in [0, 0.1) is 5.92 Å². The summed E-state index contributed by atoms with van der Waals surface area (Å²) in [6.07, 6.45) is 7.76. The first kappa shape index (κ1) is 12.6. The average molecular weight is 235 g/mol. The SMILES string of the molecule is CCC(C)Cn1cncc1C1(C)CCNCC1.